The lowest BCUT2D eigenvalue weighted by molar-refractivity contribution is 1.02. The van der Waals surface area contributed by atoms with Gasteiger partial charge in [-0.1, -0.05) is 15.9 Å². The average Bonchev–Trinajstić information content (AvgIpc) is 2.04. The Morgan fingerprint density at radius 3 is 3.00 bits per heavy atom. The van der Waals surface area contributed by atoms with E-state index in [9.17, 15) is 0 Å². The lowest BCUT2D eigenvalue weighted by Crippen LogP contribution is -1.85. The van der Waals surface area contributed by atoms with Gasteiger partial charge in [-0.2, -0.15) is 0 Å². The third-order valence-electron chi connectivity index (χ3n) is 1.35. The summed E-state index contributed by atoms with van der Waals surface area (Å²) in [5.41, 5.74) is 1.67. The molecule has 2 rings (SSSR count). The number of hydrogen-bond acceptors (Lipinski definition) is 3. The number of nitrogens with zero attached hydrogens (tertiary/aromatic N) is 3. The van der Waals surface area contributed by atoms with Crippen molar-refractivity contribution in [1.29, 1.82) is 0 Å². The summed E-state index contributed by atoms with van der Waals surface area (Å²) in [6.45, 7) is 0. The maximum atomic E-state index is 4.03. The van der Waals surface area contributed by atoms with Crippen molar-refractivity contribution < 1.29 is 0 Å². The third-order valence-corrected chi connectivity index (χ3v) is 1.84. The molecule has 0 aliphatic rings. The number of aromatic nitrogens is 3. The summed E-state index contributed by atoms with van der Waals surface area (Å²) < 4.78 is 0.993. The van der Waals surface area contributed by atoms with E-state index in [4.69, 9.17) is 0 Å². The first kappa shape index (κ1) is 6.67. The van der Waals surface area contributed by atoms with Crippen LogP contribution in [0.3, 0.4) is 0 Å². The lowest BCUT2D eigenvalue weighted by atomic mass is 10.3. The highest BCUT2D eigenvalue weighted by Gasteiger charge is 1.94. The molecule has 0 aliphatic heterocycles. The van der Waals surface area contributed by atoms with Crippen LogP contribution in [0.25, 0.3) is 11.0 Å². The number of halogens is 1. The quantitative estimate of drug-likeness (QED) is 0.665. The van der Waals surface area contributed by atoms with Gasteiger partial charge in [-0.3, -0.25) is 0 Å². The van der Waals surface area contributed by atoms with Gasteiger partial charge in [0.15, 0.2) is 0 Å². The average molecular weight is 210 g/mol. The van der Waals surface area contributed by atoms with Gasteiger partial charge in [-0.15, -0.1) is 10.2 Å². The van der Waals surface area contributed by atoms with Crippen molar-refractivity contribution in [2.75, 3.05) is 0 Å². The van der Waals surface area contributed by atoms with E-state index in [0.717, 1.165) is 15.5 Å². The molecule has 0 amide bonds. The first-order valence-electron chi connectivity index (χ1n) is 3.09. The first-order chi connectivity index (χ1) is 5.36. The molecule has 0 saturated carbocycles. The Bertz CT molecular complexity index is 388. The summed E-state index contributed by atoms with van der Waals surface area (Å²) in [4.78, 5) is 4.03. The number of hydrogen-bond donors (Lipinski definition) is 0. The minimum absolute atomic E-state index is 0.807. The van der Waals surface area contributed by atoms with Gasteiger partial charge in [0.05, 0.1) is 5.52 Å². The molecule has 3 nitrogen and oxygen atoms in total. The van der Waals surface area contributed by atoms with Gasteiger partial charge in [-0.25, -0.2) is 4.98 Å². The van der Waals surface area contributed by atoms with Gasteiger partial charge in [0.1, 0.15) is 11.8 Å². The van der Waals surface area contributed by atoms with Crippen LogP contribution in [0.5, 0.6) is 0 Å². The molecule has 11 heavy (non-hydrogen) atoms. The largest absolute Gasteiger partial charge is 0.233 e. The van der Waals surface area contributed by atoms with Gasteiger partial charge in [-0.05, 0) is 18.2 Å². The van der Waals surface area contributed by atoms with E-state index in [2.05, 4.69) is 31.1 Å². The molecule has 0 fully saturated rings. The van der Waals surface area contributed by atoms with Gasteiger partial charge in [0.25, 0.3) is 0 Å². The molecule has 54 valence electrons. The highest BCUT2D eigenvalue weighted by atomic mass is 79.9. The van der Waals surface area contributed by atoms with Crippen LogP contribution in [-0.4, -0.2) is 15.2 Å². The fraction of sp³-hybridized carbons (Fsp3) is 0. The van der Waals surface area contributed by atoms with Gasteiger partial charge >= 0.3 is 0 Å². The molecule has 0 unspecified atom stereocenters. The number of rotatable bonds is 0. The van der Waals surface area contributed by atoms with E-state index in [1.165, 1.54) is 6.33 Å². The van der Waals surface area contributed by atoms with Crippen molar-refractivity contribution in [2.24, 2.45) is 0 Å². The molecular formula is C7H4BrN3. The first-order valence-corrected chi connectivity index (χ1v) is 3.88. The molecule has 0 N–H and O–H groups in total. The summed E-state index contributed by atoms with van der Waals surface area (Å²) in [5.74, 6) is 0. The van der Waals surface area contributed by atoms with Crippen LogP contribution in [0.4, 0.5) is 0 Å². The molecule has 2 aromatic rings. The van der Waals surface area contributed by atoms with Crippen molar-refractivity contribution in [1.82, 2.24) is 15.2 Å². The molecule has 0 radical (unpaired) electrons. The Labute approximate surface area is 71.6 Å². The van der Waals surface area contributed by atoms with Crippen LogP contribution in [0.2, 0.25) is 0 Å². The normalized spacial score (nSPS) is 10.3. The van der Waals surface area contributed by atoms with Gasteiger partial charge in [0.2, 0.25) is 0 Å². The van der Waals surface area contributed by atoms with Crippen molar-refractivity contribution in [2.45, 2.75) is 0 Å². The Balaban J connectivity index is 2.83. The van der Waals surface area contributed by atoms with Crippen molar-refractivity contribution in [3.8, 4) is 0 Å². The Morgan fingerprint density at radius 2 is 2.09 bits per heavy atom. The smallest absolute Gasteiger partial charge is 0.138 e. The molecule has 1 aromatic heterocycles. The van der Waals surface area contributed by atoms with E-state index in [0.29, 0.717) is 0 Å². The highest BCUT2D eigenvalue weighted by Crippen LogP contribution is 2.14. The summed E-state index contributed by atoms with van der Waals surface area (Å²) in [6, 6.07) is 5.71. The predicted molar refractivity (Wildman–Crippen MR) is 45.0 cm³/mol. The molecule has 0 atom stereocenters. The maximum Gasteiger partial charge on any atom is 0.138 e. The van der Waals surface area contributed by atoms with Crippen LogP contribution in [0.15, 0.2) is 29.0 Å². The summed E-state index contributed by atoms with van der Waals surface area (Å²) in [5, 5.41) is 7.57. The Kier molecular flexibility index (Phi) is 1.54. The monoisotopic (exact) mass is 209 g/mol. The van der Waals surface area contributed by atoms with Gasteiger partial charge < -0.3 is 0 Å². The molecule has 0 bridgehead atoms. The molecule has 0 spiro atoms. The predicted octanol–water partition coefficient (Wildman–Crippen LogP) is 1.79. The maximum absolute atomic E-state index is 4.03. The SMILES string of the molecule is Brc1ccc2ncnnc2c1. The van der Waals surface area contributed by atoms with Crippen LogP contribution in [0, 0.1) is 0 Å². The van der Waals surface area contributed by atoms with E-state index in [1.54, 1.807) is 0 Å². The summed E-state index contributed by atoms with van der Waals surface area (Å²) in [6.07, 6.45) is 1.44. The number of fused-ring (bicyclic) bond motifs is 1. The van der Waals surface area contributed by atoms with E-state index in [1.807, 2.05) is 18.2 Å². The van der Waals surface area contributed by atoms with Crippen molar-refractivity contribution in [3.05, 3.63) is 29.0 Å². The van der Waals surface area contributed by atoms with Crippen LogP contribution >= 0.6 is 15.9 Å². The lowest BCUT2D eigenvalue weighted by Gasteiger charge is -1.92. The zero-order chi connectivity index (χ0) is 7.68. The third kappa shape index (κ3) is 1.21. The van der Waals surface area contributed by atoms with E-state index in [-0.39, 0.29) is 0 Å². The molecule has 4 heteroatoms. The second-order valence-corrected chi connectivity index (χ2v) is 3.01. The zero-order valence-electron chi connectivity index (χ0n) is 5.53. The summed E-state index contributed by atoms with van der Waals surface area (Å²) >= 11 is 3.34. The molecule has 1 aromatic carbocycles. The Morgan fingerprint density at radius 1 is 1.18 bits per heavy atom. The second-order valence-electron chi connectivity index (χ2n) is 2.09. The number of benzene rings is 1. The van der Waals surface area contributed by atoms with Crippen LogP contribution < -0.4 is 0 Å². The second kappa shape index (κ2) is 2.54. The fourth-order valence-corrected chi connectivity index (χ4v) is 1.21. The van der Waals surface area contributed by atoms with Crippen LogP contribution in [-0.2, 0) is 0 Å². The van der Waals surface area contributed by atoms with Gasteiger partial charge in [0, 0.05) is 4.47 Å². The van der Waals surface area contributed by atoms with E-state index < -0.39 is 0 Å². The van der Waals surface area contributed by atoms with Crippen LogP contribution in [0.1, 0.15) is 0 Å². The standard InChI is InChI=1S/C7H4BrN3/c8-5-1-2-6-7(3-5)11-10-4-9-6/h1-4H. The highest BCUT2D eigenvalue weighted by molar-refractivity contribution is 9.10. The summed E-state index contributed by atoms with van der Waals surface area (Å²) in [7, 11) is 0. The molecular weight excluding hydrogens is 206 g/mol. The zero-order valence-corrected chi connectivity index (χ0v) is 7.12. The molecule has 0 aliphatic carbocycles. The van der Waals surface area contributed by atoms with E-state index >= 15 is 0 Å². The Hall–Kier alpha value is -1.03. The fourth-order valence-electron chi connectivity index (χ4n) is 0.862. The minimum atomic E-state index is 0.807. The molecule has 0 saturated heterocycles. The molecule has 1 heterocycles. The van der Waals surface area contributed by atoms with Crippen molar-refractivity contribution >= 4 is 27.0 Å². The van der Waals surface area contributed by atoms with Crippen molar-refractivity contribution in [3.63, 3.8) is 0 Å². The minimum Gasteiger partial charge on any atom is -0.233 e. The topological polar surface area (TPSA) is 38.7 Å².